The van der Waals surface area contributed by atoms with Crippen LogP contribution in [0.5, 0.6) is 0 Å². The van der Waals surface area contributed by atoms with Crippen LogP contribution in [0.3, 0.4) is 0 Å². The van der Waals surface area contributed by atoms with Crippen LogP contribution < -0.4 is 0 Å². The summed E-state index contributed by atoms with van der Waals surface area (Å²) in [6.45, 7) is 7.59. The third kappa shape index (κ3) is 3.77. The van der Waals surface area contributed by atoms with Crippen LogP contribution in [0.4, 0.5) is 0 Å². The van der Waals surface area contributed by atoms with E-state index in [1.807, 2.05) is 27.8 Å². The van der Waals surface area contributed by atoms with Crippen molar-refractivity contribution in [2.24, 2.45) is 7.05 Å². The fourth-order valence-electron chi connectivity index (χ4n) is 1.35. The Morgan fingerprint density at radius 3 is 2.56 bits per heavy atom. The molecule has 0 unspecified atom stereocenters. The lowest BCUT2D eigenvalue weighted by atomic mass is 10.3. The van der Waals surface area contributed by atoms with Crippen molar-refractivity contribution in [1.82, 2.24) is 9.78 Å². The minimum absolute atomic E-state index is 0.243. The van der Waals surface area contributed by atoms with E-state index < -0.39 is 0 Å². The predicted octanol–water partition coefficient (Wildman–Crippen LogP) is 2.32. The van der Waals surface area contributed by atoms with Crippen molar-refractivity contribution in [2.45, 2.75) is 33.5 Å². The smallest absolute Gasteiger partial charge is 0.132 e. The minimum Gasteiger partial charge on any atom is -0.376 e. The third-order valence-corrected chi connectivity index (χ3v) is 2.67. The van der Waals surface area contributed by atoms with Crippen molar-refractivity contribution in [3.63, 3.8) is 0 Å². The van der Waals surface area contributed by atoms with Gasteiger partial charge in [-0.05, 0) is 20.8 Å². The zero-order chi connectivity index (χ0) is 12.1. The molecule has 0 spiro atoms. The van der Waals surface area contributed by atoms with Crippen LogP contribution in [0.1, 0.15) is 25.1 Å². The van der Waals surface area contributed by atoms with E-state index >= 15 is 0 Å². The number of ether oxygens (including phenoxy) is 2. The molecule has 0 aliphatic carbocycles. The van der Waals surface area contributed by atoms with Gasteiger partial charge in [0.15, 0.2) is 0 Å². The van der Waals surface area contributed by atoms with E-state index in [1.54, 1.807) is 4.68 Å². The molecule has 0 bridgehead atoms. The van der Waals surface area contributed by atoms with Crippen LogP contribution in [0.2, 0.25) is 5.15 Å². The van der Waals surface area contributed by atoms with Gasteiger partial charge in [0.25, 0.3) is 0 Å². The highest BCUT2D eigenvalue weighted by Crippen LogP contribution is 2.19. The molecular formula is C11H19ClN2O2. The van der Waals surface area contributed by atoms with E-state index in [4.69, 9.17) is 21.1 Å². The topological polar surface area (TPSA) is 36.3 Å². The number of hydrogen-bond donors (Lipinski definition) is 0. The Labute approximate surface area is 101 Å². The molecule has 4 nitrogen and oxygen atoms in total. The molecule has 1 rings (SSSR count). The van der Waals surface area contributed by atoms with Crippen molar-refractivity contribution in [2.75, 3.05) is 13.2 Å². The first-order valence-corrected chi connectivity index (χ1v) is 5.77. The molecule has 0 amide bonds. The maximum Gasteiger partial charge on any atom is 0.132 e. The number of rotatable bonds is 6. The fraction of sp³-hybridized carbons (Fsp3) is 0.727. The van der Waals surface area contributed by atoms with Gasteiger partial charge in [-0.2, -0.15) is 5.10 Å². The monoisotopic (exact) mass is 246 g/mol. The van der Waals surface area contributed by atoms with Gasteiger partial charge in [-0.1, -0.05) is 11.6 Å². The van der Waals surface area contributed by atoms with Crippen molar-refractivity contribution < 1.29 is 9.47 Å². The third-order valence-electron chi connectivity index (χ3n) is 2.20. The van der Waals surface area contributed by atoms with Crippen molar-refractivity contribution in [3.8, 4) is 0 Å². The van der Waals surface area contributed by atoms with E-state index in [0.29, 0.717) is 25.0 Å². The lowest BCUT2D eigenvalue weighted by Gasteiger charge is -2.08. The number of nitrogens with zero attached hydrogens (tertiary/aromatic N) is 2. The molecule has 1 heterocycles. The molecule has 1 aromatic rings. The van der Waals surface area contributed by atoms with E-state index in [9.17, 15) is 0 Å². The van der Waals surface area contributed by atoms with Gasteiger partial charge in [-0.3, -0.25) is 4.68 Å². The Bertz CT molecular complexity index is 337. The highest BCUT2D eigenvalue weighted by molar-refractivity contribution is 6.30. The highest BCUT2D eigenvalue weighted by Gasteiger charge is 2.10. The number of aromatic nitrogens is 2. The molecule has 92 valence electrons. The second-order valence-electron chi connectivity index (χ2n) is 3.95. The molecule has 0 fully saturated rings. The van der Waals surface area contributed by atoms with Gasteiger partial charge >= 0.3 is 0 Å². The molecule has 0 radical (unpaired) electrons. The summed E-state index contributed by atoms with van der Waals surface area (Å²) in [6.07, 6.45) is 0.243. The molecule has 0 aliphatic heterocycles. The zero-order valence-electron chi connectivity index (χ0n) is 10.3. The molecular weight excluding hydrogens is 228 g/mol. The number of halogens is 1. The van der Waals surface area contributed by atoms with Gasteiger partial charge in [0.2, 0.25) is 0 Å². The molecule has 0 aliphatic rings. The molecule has 0 saturated carbocycles. The predicted molar refractivity (Wildman–Crippen MR) is 63.7 cm³/mol. The molecule has 1 aromatic heterocycles. The summed E-state index contributed by atoms with van der Waals surface area (Å²) in [7, 11) is 1.82. The lowest BCUT2D eigenvalue weighted by molar-refractivity contribution is 0.0142. The summed E-state index contributed by atoms with van der Waals surface area (Å²) < 4.78 is 12.5. The SMILES string of the molecule is Cc1nn(C)c(Cl)c1COCCOC(C)C. The quantitative estimate of drug-likeness (QED) is 0.723. The van der Waals surface area contributed by atoms with E-state index in [1.165, 1.54) is 0 Å². The summed E-state index contributed by atoms with van der Waals surface area (Å²) in [6, 6.07) is 0. The van der Waals surface area contributed by atoms with Crippen LogP contribution >= 0.6 is 11.6 Å². The average Bonchev–Trinajstić information content (AvgIpc) is 2.43. The summed E-state index contributed by atoms with van der Waals surface area (Å²) >= 11 is 6.07. The number of hydrogen-bond acceptors (Lipinski definition) is 3. The summed E-state index contributed by atoms with van der Waals surface area (Å²) in [5.74, 6) is 0. The molecule has 16 heavy (non-hydrogen) atoms. The van der Waals surface area contributed by atoms with Crippen molar-refractivity contribution in [1.29, 1.82) is 0 Å². The molecule has 0 aromatic carbocycles. The van der Waals surface area contributed by atoms with E-state index in [0.717, 1.165) is 11.3 Å². The Balaban J connectivity index is 2.32. The second-order valence-corrected chi connectivity index (χ2v) is 4.31. The van der Waals surface area contributed by atoms with Crippen molar-refractivity contribution in [3.05, 3.63) is 16.4 Å². The van der Waals surface area contributed by atoms with Crippen molar-refractivity contribution >= 4 is 11.6 Å². The summed E-state index contributed by atoms with van der Waals surface area (Å²) in [5, 5.41) is 4.85. The van der Waals surface area contributed by atoms with Crippen LogP contribution in [0.15, 0.2) is 0 Å². The van der Waals surface area contributed by atoms with Gasteiger partial charge in [-0.25, -0.2) is 0 Å². The fourth-order valence-corrected chi connectivity index (χ4v) is 1.58. The van der Waals surface area contributed by atoms with Gasteiger partial charge in [0, 0.05) is 12.6 Å². The van der Waals surface area contributed by atoms with E-state index in [2.05, 4.69) is 5.10 Å². The van der Waals surface area contributed by atoms with Gasteiger partial charge < -0.3 is 9.47 Å². The Kier molecular flexibility index (Phi) is 5.25. The van der Waals surface area contributed by atoms with E-state index in [-0.39, 0.29) is 6.10 Å². The summed E-state index contributed by atoms with van der Waals surface area (Å²) in [4.78, 5) is 0. The minimum atomic E-state index is 0.243. The second kappa shape index (κ2) is 6.23. The normalized spacial score (nSPS) is 11.4. The molecule has 0 N–H and O–H groups in total. The van der Waals surface area contributed by atoms with Crippen LogP contribution in [-0.2, 0) is 23.1 Å². The first-order chi connectivity index (χ1) is 7.52. The largest absolute Gasteiger partial charge is 0.376 e. The first kappa shape index (κ1) is 13.5. The average molecular weight is 247 g/mol. The Hall–Kier alpha value is -0.580. The lowest BCUT2D eigenvalue weighted by Crippen LogP contribution is -2.09. The van der Waals surface area contributed by atoms with Crippen LogP contribution in [0, 0.1) is 6.92 Å². The van der Waals surface area contributed by atoms with Crippen LogP contribution in [-0.4, -0.2) is 29.1 Å². The maximum atomic E-state index is 6.07. The van der Waals surface area contributed by atoms with Crippen LogP contribution in [0.25, 0.3) is 0 Å². The van der Waals surface area contributed by atoms with Gasteiger partial charge in [-0.15, -0.1) is 0 Å². The summed E-state index contributed by atoms with van der Waals surface area (Å²) in [5.41, 5.74) is 1.87. The zero-order valence-corrected chi connectivity index (χ0v) is 11.0. The Morgan fingerprint density at radius 2 is 2.06 bits per heavy atom. The van der Waals surface area contributed by atoms with Gasteiger partial charge in [0.05, 0.1) is 31.6 Å². The highest BCUT2D eigenvalue weighted by atomic mass is 35.5. The standard InChI is InChI=1S/C11H19ClN2O2/c1-8(2)16-6-5-15-7-10-9(3)13-14(4)11(10)12/h8H,5-7H2,1-4H3. The molecule has 0 saturated heterocycles. The molecule has 0 atom stereocenters. The number of aryl methyl sites for hydroxylation is 2. The molecule has 5 heteroatoms. The first-order valence-electron chi connectivity index (χ1n) is 5.39. The van der Waals surface area contributed by atoms with Gasteiger partial charge in [0.1, 0.15) is 5.15 Å². The Morgan fingerprint density at radius 1 is 1.38 bits per heavy atom. The maximum absolute atomic E-state index is 6.07.